The summed E-state index contributed by atoms with van der Waals surface area (Å²) in [5.74, 6) is -1.32. The first-order valence-corrected chi connectivity index (χ1v) is 11.2. The molecule has 0 bridgehead atoms. The van der Waals surface area contributed by atoms with E-state index in [1.54, 1.807) is 18.2 Å². The van der Waals surface area contributed by atoms with Crippen LogP contribution in [0.2, 0.25) is 15.1 Å². The molecule has 2 aromatic rings. The van der Waals surface area contributed by atoms with Gasteiger partial charge in [-0.05, 0) is 24.3 Å². The molecule has 0 unspecified atom stereocenters. The third kappa shape index (κ3) is 5.90. The Labute approximate surface area is 210 Å². The van der Waals surface area contributed by atoms with Gasteiger partial charge < -0.3 is 0 Å². The molecule has 1 aromatic heterocycles. The van der Waals surface area contributed by atoms with E-state index in [0.29, 0.717) is 27.9 Å². The predicted molar refractivity (Wildman–Crippen MR) is 127 cm³/mol. The summed E-state index contributed by atoms with van der Waals surface area (Å²) in [6.45, 7) is -0.444. The number of aromatic nitrogens is 1. The van der Waals surface area contributed by atoms with Gasteiger partial charge in [0.15, 0.2) is 5.82 Å². The number of pyridine rings is 1. The molecule has 0 atom stereocenters. The molecule has 1 aliphatic rings. The summed E-state index contributed by atoms with van der Waals surface area (Å²) in [7, 11) is 1.34. The average molecular weight is 556 g/mol. The summed E-state index contributed by atoms with van der Waals surface area (Å²) in [5.41, 5.74) is 1.80. The van der Waals surface area contributed by atoms with Crippen molar-refractivity contribution in [3.05, 3.63) is 61.6 Å². The number of thioether (sulfide) groups is 1. The minimum Gasteiger partial charge on any atom is -0.283 e. The van der Waals surface area contributed by atoms with E-state index >= 15 is 0 Å². The highest BCUT2D eigenvalue weighted by Gasteiger charge is 2.34. The molecule has 0 spiro atoms. The second-order valence-corrected chi connectivity index (χ2v) is 9.42. The summed E-state index contributed by atoms with van der Waals surface area (Å²) in [5, 5.41) is 1.40. The topological polar surface area (TPSA) is 65.5 Å². The van der Waals surface area contributed by atoms with Gasteiger partial charge in [0, 0.05) is 28.9 Å². The lowest BCUT2D eigenvalue weighted by atomic mass is 10.2. The van der Waals surface area contributed by atoms with Crippen molar-refractivity contribution in [2.75, 3.05) is 18.6 Å². The van der Waals surface area contributed by atoms with E-state index in [4.69, 9.17) is 47.0 Å². The third-order valence-electron chi connectivity index (χ3n) is 4.21. The van der Waals surface area contributed by atoms with E-state index in [2.05, 4.69) is 10.4 Å². The highest BCUT2D eigenvalue weighted by molar-refractivity contribution is 8.26. The highest BCUT2D eigenvalue weighted by Crippen LogP contribution is 2.36. The molecule has 14 heteroatoms. The van der Waals surface area contributed by atoms with Gasteiger partial charge in [-0.15, -0.1) is 0 Å². The van der Waals surface area contributed by atoms with E-state index in [0.717, 1.165) is 21.7 Å². The fraction of sp³-hybridized carbons (Fsp3) is 0.158. The second kappa shape index (κ2) is 10.1. The summed E-state index contributed by atoms with van der Waals surface area (Å²) < 4.78 is 38.5. The molecule has 2 amide bonds. The minimum absolute atomic E-state index is 0.114. The smallest absolute Gasteiger partial charge is 0.283 e. The van der Waals surface area contributed by atoms with Gasteiger partial charge in [-0.25, -0.2) is 4.98 Å². The molecular formula is C19H12Cl3F3N4O2S2. The van der Waals surface area contributed by atoms with Gasteiger partial charge in [-0.1, -0.05) is 64.8 Å². The molecule has 3 rings (SSSR count). The number of alkyl halides is 3. The number of anilines is 1. The zero-order valence-corrected chi connectivity index (χ0v) is 20.3. The zero-order valence-electron chi connectivity index (χ0n) is 16.4. The van der Waals surface area contributed by atoms with Crippen molar-refractivity contribution < 1.29 is 22.8 Å². The Kier molecular flexibility index (Phi) is 7.80. The van der Waals surface area contributed by atoms with Gasteiger partial charge in [0.1, 0.15) is 10.9 Å². The van der Waals surface area contributed by atoms with Crippen molar-refractivity contribution in [3.8, 4) is 0 Å². The van der Waals surface area contributed by atoms with Crippen LogP contribution < -0.4 is 10.4 Å². The molecule has 1 fully saturated rings. The Balaban J connectivity index is 1.70. The SMILES string of the molecule is CN(NC(=O)CN1C(=O)/C(=C/c2c(Cl)cccc2Cl)SC1=S)c1ncc(C(F)(F)F)cc1Cl. The van der Waals surface area contributed by atoms with Gasteiger partial charge in [-0.3, -0.25) is 24.9 Å². The van der Waals surface area contributed by atoms with Crippen molar-refractivity contribution in [1.29, 1.82) is 0 Å². The molecule has 0 aliphatic carbocycles. The summed E-state index contributed by atoms with van der Waals surface area (Å²) in [6, 6.07) is 5.58. The first kappa shape index (κ1) is 25.6. The van der Waals surface area contributed by atoms with Crippen molar-refractivity contribution in [2.45, 2.75) is 6.18 Å². The lowest BCUT2D eigenvalue weighted by molar-refractivity contribution is -0.137. The molecule has 1 N–H and O–H groups in total. The highest BCUT2D eigenvalue weighted by atomic mass is 35.5. The summed E-state index contributed by atoms with van der Waals surface area (Å²) in [4.78, 5) is 30.2. The van der Waals surface area contributed by atoms with E-state index in [-0.39, 0.29) is 20.1 Å². The van der Waals surface area contributed by atoms with Gasteiger partial charge >= 0.3 is 6.18 Å². The Morgan fingerprint density at radius 2 is 1.91 bits per heavy atom. The normalized spacial score (nSPS) is 15.4. The molecule has 1 aromatic carbocycles. The van der Waals surface area contributed by atoms with E-state index in [9.17, 15) is 22.8 Å². The molecule has 2 heterocycles. The fourth-order valence-corrected chi connectivity index (χ4v) is 4.70. The first-order valence-electron chi connectivity index (χ1n) is 8.84. The van der Waals surface area contributed by atoms with Crippen LogP contribution in [0.3, 0.4) is 0 Å². The third-order valence-corrected chi connectivity index (χ3v) is 6.52. The van der Waals surface area contributed by atoms with Crippen LogP contribution in [-0.2, 0) is 15.8 Å². The first-order chi connectivity index (χ1) is 15.4. The zero-order chi connectivity index (χ0) is 24.5. The van der Waals surface area contributed by atoms with Crippen molar-refractivity contribution in [3.63, 3.8) is 0 Å². The van der Waals surface area contributed by atoms with E-state index in [1.165, 1.54) is 13.1 Å². The van der Waals surface area contributed by atoms with Crippen molar-refractivity contribution in [1.82, 2.24) is 15.3 Å². The van der Waals surface area contributed by atoms with Crippen LogP contribution >= 0.6 is 58.8 Å². The number of carbonyl (C=O) groups is 2. The number of nitrogens with zero attached hydrogens (tertiary/aromatic N) is 3. The van der Waals surface area contributed by atoms with Crippen molar-refractivity contribution in [2.24, 2.45) is 0 Å². The second-order valence-electron chi connectivity index (χ2n) is 6.52. The summed E-state index contributed by atoms with van der Waals surface area (Å²) in [6.07, 6.45) is -2.53. The Morgan fingerprint density at radius 1 is 1.27 bits per heavy atom. The molecular weight excluding hydrogens is 544 g/mol. The monoisotopic (exact) mass is 554 g/mol. The number of thiocarbonyl (C=S) groups is 1. The number of halogens is 6. The van der Waals surface area contributed by atoms with Crippen LogP contribution in [0.5, 0.6) is 0 Å². The quantitative estimate of drug-likeness (QED) is 0.302. The van der Waals surface area contributed by atoms with Crippen LogP contribution in [0.25, 0.3) is 6.08 Å². The molecule has 6 nitrogen and oxygen atoms in total. The van der Waals surface area contributed by atoms with Gasteiger partial charge in [0.25, 0.3) is 11.8 Å². The molecule has 0 radical (unpaired) electrons. The maximum atomic E-state index is 12.8. The predicted octanol–water partition coefficient (Wildman–Crippen LogP) is 5.43. The number of hydrogen-bond donors (Lipinski definition) is 1. The minimum atomic E-state index is -4.61. The van der Waals surface area contributed by atoms with Gasteiger partial charge in [0.05, 0.1) is 15.5 Å². The molecule has 174 valence electrons. The molecule has 33 heavy (non-hydrogen) atoms. The number of rotatable bonds is 5. The molecule has 1 aliphatic heterocycles. The number of amides is 2. The standard InChI is InChI=1S/C19H12Cl3F3N4O2S2/c1-28(16-13(22)5-9(7-26-16)19(23,24)25)27-15(30)8-29-17(31)14(33-18(29)32)6-10-11(20)3-2-4-12(10)21/h2-7H,8H2,1H3,(H,27,30)/b14-6-. The van der Waals surface area contributed by atoms with Gasteiger partial charge in [0.2, 0.25) is 0 Å². The largest absolute Gasteiger partial charge is 0.417 e. The summed E-state index contributed by atoms with van der Waals surface area (Å²) >= 11 is 24.3. The van der Waals surface area contributed by atoms with E-state index in [1.807, 2.05) is 0 Å². The number of hydrogen-bond acceptors (Lipinski definition) is 6. The average Bonchev–Trinajstić information content (AvgIpc) is 2.97. The number of benzene rings is 1. The van der Waals surface area contributed by atoms with Crippen LogP contribution in [0.1, 0.15) is 11.1 Å². The molecule has 0 saturated carbocycles. The fourth-order valence-electron chi connectivity index (χ4n) is 2.67. The Hall–Kier alpha value is -2.05. The van der Waals surface area contributed by atoms with Gasteiger partial charge in [-0.2, -0.15) is 13.2 Å². The number of carbonyl (C=O) groups excluding carboxylic acids is 2. The molecule has 1 saturated heterocycles. The van der Waals surface area contributed by atoms with Crippen LogP contribution in [0, 0.1) is 0 Å². The maximum Gasteiger partial charge on any atom is 0.417 e. The number of nitrogens with one attached hydrogen (secondary N) is 1. The van der Waals surface area contributed by atoms with E-state index < -0.39 is 30.1 Å². The van der Waals surface area contributed by atoms with Crippen molar-refractivity contribution >= 4 is 86.8 Å². The lowest BCUT2D eigenvalue weighted by Gasteiger charge is -2.22. The lowest BCUT2D eigenvalue weighted by Crippen LogP contribution is -2.46. The van der Waals surface area contributed by atoms with Crippen LogP contribution in [-0.4, -0.2) is 39.6 Å². The number of hydrazine groups is 1. The Morgan fingerprint density at radius 3 is 2.48 bits per heavy atom. The van der Waals surface area contributed by atoms with Crippen LogP contribution in [0.15, 0.2) is 35.4 Å². The van der Waals surface area contributed by atoms with Crippen LogP contribution in [0.4, 0.5) is 19.0 Å². The maximum absolute atomic E-state index is 12.8. The Bertz CT molecular complexity index is 1160.